The summed E-state index contributed by atoms with van der Waals surface area (Å²) in [6.45, 7) is 15.9. The summed E-state index contributed by atoms with van der Waals surface area (Å²) in [7, 11) is 0. The number of rotatable bonds is 12. The van der Waals surface area contributed by atoms with Crippen LogP contribution in [0.3, 0.4) is 0 Å². The fourth-order valence-electron chi connectivity index (χ4n) is 3.96. The number of esters is 1. The molecule has 2 aromatic heterocycles. The third kappa shape index (κ3) is 7.99. The van der Waals surface area contributed by atoms with E-state index in [0.29, 0.717) is 48.8 Å². The van der Waals surface area contributed by atoms with Crippen molar-refractivity contribution in [3.63, 3.8) is 0 Å². The fraction of sp³-hybridized carbons (Fsp3) is 0.467. The largest absolute Gasteiger partial charge is 0.460 e. The van der Waals surface area contributed by atoms with Crippen LogP contribution in [-0.4, -0.2) is 34.3 Å². The van der Waals surface area contributed by atoms with Gasteiger partial charge in [-0.05, 0) is 39.2 Å². The molecule has 3 rings (SSSR count). The number of benzene rings is 1. The lowest BCUT2D eigenvalue weighted by molar-refractivity contribution is -0.155. The van der Waals surface area contributed by atoms with Crippen molar-refractivity contribution in [1.82, 2.24) is 10.3 Å². The zero-order valence-electron chi connectivity index (χ0n) is 23.2. The molecule has 0 aliphatic carbocycles. The number of ether oxygens (including phenoxy) is 2. The molecule has 0 unspecified atom stereocenters. The Morgan fingerprint density at radius 3 is 2.39 bits per heavy atom. The predicted octanol–water partition coefficient (Wildman–Crippen LogP) is 7.01. The summed E-state index contributed by atoms with van der Waals surface area (Å²) in [5, 5.41) is 8.34. The minimum absolute atomic E-state index is 0.120. The first-order chi connectivity index (χ1) is 17.9. The summed E-state index contributed by atoms with van der Waals surface area (Å²) >= 11 is 0. The van der Waals surface area contributed by atoms with Crippen LogP contribution in [0, 0.1) is 5.41 Å². The van der Waals surface area contributed by atoms with Gasteiger partial charge in [-0.25, -0.2) is 0 Å². The molecule has 0 aliphatic rings. The second kappa shape index (κ2) is 12.3. The highest BCUT2D eigenvalue weighted by Crippen LogP contribution is 2.35. The summed E-state index contributed by atoms with van der Waals surface area (Å²) < 4.78 is 22.4. The number of carbonyl (C=O) groups is 2. The number of Topliss-reactive ketones (excluding diaryl/α,β-unsaturated/α-hetero) is 1. The first-order valence-corrected chi connectivity index (χ1v) is 12.9. The van der Waals surface area contributed by atoms with Crippen molar-refractivity contribution in [3.8, 4) is 11.5 Å². The number of aromatic nitrogens is 2. The molecule has 0 saturated heterocycles. The van der Waals surface area contributed by atoms with Gasteiger partial charge in [0.1, 0.15) is 5.60 Å². The zero-order chi connectivity index (χ0) is 27.9. The maximum absolute atomic E-state index is 12.8. The van der Waals surface area contributed by atoms with Crippen molar-refractivity contribution >= 4 is 17.8 Å². The number of hydrogen-bond donors (Lipinski definition) is 0. The average molecular weight is 523 g/mol. The van der Waals surface area contributed by atoms with E-state index in [2.05, 4.69) is 16.9 Å². The Balaban J connectivity index is 1.79. The Morgan fingerprint density at radius 1 is 1.05 bits per heavy atom. The van der Waals surface area contributed by atoms with Gasteiger partial charge in [-0.15, -0.1) is 0 Å². The molecule has 8 heteroatoms. The number of ketones is 1. The second-order valence-electron chi connectivity index (χ2n) is 11.3. The lowest BCUT2D eigenvalue weighted by Gasteiger charge is -2.22. The van der Waals surface area contributed by atoms with Crippen LogP contribution in [0.1, 0.15) is 94.1 Å². The van der Waals surface area contributed by atoms with Gasteiger partial charge >= 0.3 is 5.97 Å². The van der Waals surface area contributed by atoms with Crippen LogP contribution in [0.25, 0.3) is 17.5 Å². The Morgan fingerprint density at radius 2 is 1.76 bits per heavy atom. The topological polar surface area (TPSA) is 105 Å². The molecule has 0 spiro atoms. The lowest BCUT2D eigenvalue weighted by Crippen LogP contribution is -2.25. The quantitative estimate of drug-likeness (QED) is 0.142. The zero-order valence-corrected chi connectivity index (χ0v) is 23.2. The fourth-order valence-corrected chi connectivity index (χ4v) is 3.96. The Kier molecular flexibility index (Phi) is 9.44. The van der Waals surface area contributed by atoms with Crippen LogP contribution >= 0.6 is 0 Å². The van der Waals surface area contributed by atoms with Crippen LogP contribution in [0.4, 0.5) is 0 Å². The molecule has 3 aromatic rings. The SMILES string of the molecule is C=Cc1c([C@@H](CCCOCc2ccccc2)CC(=O)OC(C)(C)C)noc1-c1cc(C(=O)C(C)(C)C)on1. The van der Waals surface area contributed by atoms with E-state index >= 15 is 0 Å². The van der Waals surface area contributed by atoms with Crippen molar-refractivity contribution in [1.29, 1.82) is 0 Å². The van der Waals surface area contributed by atoms with Gasteiger partial charge in [-0.2, -0.15) is 0 Å². The molecule has 0 bridgehead atoms. The van der Waals surface area contributed by atoms with E-state index in [1.54, 1.807) is 12.1 Å². The molecular formula is C30H38N2O6. The maximum Gasteiger partial charge on any atom is 0.306 e. The summed E-state index contributed by atoms with van der Waals surface area (Å²) in [6.07, 6.45) is 3.06. The summed E-state index contributed by atoms with van der Waals surface area (Å²) in [5.41, 5.74) is 1.40. The first kappa shape index (κ1) is 29.0. The van der Waals surface area contributed by atoms with Crippen molar-refractivity contribution < 1.29 is 28.1 Å². The van der Waals surface area contributed by atoms with Crippen molar-refractivity contribution in [2.45, 2.75) is 78.9 Å². The Labute approximate surface area is 224 Å². The van der Waals surface area contributed by atoms with Crippen molar-refractivity contribution in [2.24, 2.45) is 5.41 Å². The van der Waals surface area contributed by atoms with E-state index in [4.69, 9.17) is 18.5 Å². The lowest BCUT2D eigenvalue weighted by atomic mass is 9.89. The van der Waals surface area contributed by atoms with Crippen LogP contribution in [0.5, 0.6) is 0 Å². The molecule has 0 N–H and O–H groups in total. The smallest absolute Gasteiger partial charge is 0.306 e. The van der Waals surface area contributed by atoms with Crippen LogP contribution in [-0.2, 0) is 20.9 Å². The maximum atomic E-state index is 12.8. The van der Waals surface area contributed by atoms with Gasteiger partial charge in [0, 0.05) is 29.6 Å². The molecule has 0 fully saturated rings. The summed E-state index contributed by atoms with van der Waals surface area (Å²) in [4.78, 5) is 25.4. The minimum atomic E-state index is -0.619. The van der Waals surface area contributed by atoms with E-state index in [-0.39, 0.29) is 29.9 Å². The van der Waals surface area contributed by atoms with Gasteiger partial charge < -0.3 is 18.5 Å². The van der Waals surface area contributed by atoms with Crippen LogP contribution < -0.4 is 0 Å². The van der Waals surface area contributed by atoms with Gasteiger partial charge in [0.2, 0.25) is 11.5 Å². The summed E-state index contributed by atoms with van der Waals surface area (Å²) in [5.74, 6) is -0.318. The molecule has 2 heterocycles. The highest BCUT2D eigenvalue weighted by molar-refractivity contribution is 5.98. The molecule has 8 nitrogen and oxygen atoms in total. The molecule has 38 heavy (non-hydrogen) atoms. The molecule has 1 atom stereocenters. The Hall–Kier alpha value is -3.52. The monoisotopic (exact) mass is 522 g/mol. The molecule has 0 amide bonds. The van der Waals surface area contributed by atoms with Gasteiger partial charge in [0.15, 0.2) is 11.5 Å². The molecule has 204 valence electrons. The Bertz CT molecular complexity index is 1230. The average Bonchev–Trinajstić information content (AvgIpc) is 3.48. The number of nitrogens with zero attached hydrogens (tertiary/aromatic N) is 2. The second-order valence-corrected chi connectivity index (χ2v) is 11.3. The normalized spacial score (nSPS) is 12.8. The molecule has 0 saturated carbocycles. The van der Waals surface area contributed by atoms with E-state index in [1.807, 2.05) is 71.9 Å². The van der Waals surface area contributed by atoms with Crippen LogP contribution in [0.2, 0.25) is 0 Å². The third-order valence-electron chi connectivity index (χ3n) is 5.78. The van der Waals surface area contributed by atoms with Crippen molar-refractivity contribution in [3.05, 3.63) is 65.6 Å². The molecule has 0 radical (unpaired) electrons. The first-order valence-electron chi connectivity index (χ1n) is 12.9. The number of hydrogen-bond acceptors (Lipinski definition) is 8. The highest BCUT2D eigenvalue weighted by Gasteiger charge is 2.31. The van der Waals surface area contributed by atoms with E-state index < -0.39 is 11.0 Å². The molecular weight excluding hydrogens is 484 g/mol. The van der Waals surface area contributed by atoms with E-state index in [0.717, 1.165) is 5.56 Å². The van der Waals surface area contributed by atoms with Gasteiger partial charge in [0.05, 0.1) is 18.7 Å². The standard InChI is InChI=1S/C30H38N2O6/c1-8-22-26(32-38-27(22)23-18-24(37-31-23)28(34)29(2,3)4)21(17-25(33)36-30(5,6)7)15-12-16-35-19-20-13-10-9-11-14-20/h8-11,13-14,18,21H,1,12,15-17,19H2,2-7H3/t21-/m0/s1. The van der Waals surface area contributed by atoms with Gasteiger partial charge in [-0.1, -0.05) is 74.1 Å². The van der Waals surface area contributed by atoms with Gasteiger partial charge in [-0.3, -0.25) is 9.59 Å². The third-order valence-corrected chi connectivity index (χ3v) is 5.78. The molecule has 0 aliphatic heterocycles. The van der Waals surface area contributed by atoms with Crippen LogP contribution in [0.15, 0.2) is 52.0 Å². The van der Waals surface area contributed by atoms with Gasteiger partial charge in [0.25, 0.3) is 0 Å². The highest BCUT2D eigenvalue weighted by atomic mass is 16.6. The summed E-state index contributed by atoms with van der Waals surface area (Å²) in [6, 6.07) is 11.5. The number of carbonyl (C=O) groups excluding carboxylic acids is 2. The van der Waals surface area contributed by atoms with Crippen molar-refractivity contribution in [2.75, 3.05) is 6.61 Å². The predicted molar refractivity (Wildman–Crippen MR) is 144 cm³/mol. The van der Waals surface area contributed by atoms with E-state index in [1.165, 1.54) is 0 Å². The molecule has 1 aromatic carbocycles. The minimum Gasteiger partial charge on any atom is -0.460 e. The van der Waals surface area contributed by atoms with E-state index in [9.17, 15) is 9.59 Å².